The lowest BCUT2D eigenvalue weighted by Gasteiger charge is -2.08. The lowest BCUT2D eigenvalue weighted by atomic mass is 10.4. The normalized spacial score (nSPS) is 10.5. The van der Waals surface area contributed by atoms with Crippen molar-refractivity contribution in [2.24, 2.45) is 0 Å². The van der Waals surface area contributed by atoms with Crippen LogP contribution < -0.4 is 5.32 Å². The van der Waals surface area contributed by atoms with Crippen molar-refractivity contribution < 1.29 is 4.79 Å². The molecule has 14 heavy (non-hydrogen) atoms. The molecule has 78 valence electrons. The molecular weight excluding hydrogens is 182 g/mol. The molecule has 0 saturated carbocycles. The predicted octanol–water partition coefficient (Wildman–Crippen LogP) is -0.514. The average molecular weight is 197 g/mol. The first-order chi connectivity index (χ1) is 6.70. The summed E-state index contributed by atoms with van der Waals surface area (Å²) in [5, 5.41) is 8.84. The van der Waals surface area contributed by atoms with Crippen LogP contribution in [0.1, 0.15) is 17.0 Å². The van der Waals surface area contributed by atoms with Crippen molar-refractivity contribution in [3.8, 4) is 0 Å². The highest BCUT2D eigenvalue weighted by atomic mass is 16.2. The second-order valence-corrected chi connectivity index (χ2v) is 3.25. The Bertz CT molecular complexity index is 269. The topological polar surface area (TPSA) is 73.9 Å². The van der Waals surface area contributed by atoms with Gasteiger partial charge in [-0.1, -0.05) is 0 Å². The minimum absolute atomic E-state index is 0.207. The number of aromatic nitrogens is 3. The van der Waals surface area contributed by atoms with Crippen molar-refractivity contribution in [2.45, 2.75) is 6.42 Å². The number of carbonyl (C=O) groups excluding carboxylic acids is 1. The van der Waals surface area contributed by atoms with Crippen molar-refractivity contribution in [1.82, 2.24) is 25.4 Å². The maximum Gasteiger partial charge on any atom is 0.288 e. The summed E-state index contributed by atoms with van der Waals surface area (Å²) in [6, 6.07) is 0. The van der Waals surface area contributed by atoms with E-state index < -0.39 is 0 Å². The van der Waals surface area contributed by atoms with Crippen LogP contribution >= 0.6 is 0 Å². The Balaban J connectivity index is 2.16. The number of hydrogen-bond donors (Lipinski definition) is 2. The van der Waals surface area contributed by atoms with Crippen LogP contribution in [0.3, 0.4) is 0 Å². The maximum atomic E-state index is 11.3. The van der Waals surface area contributed by atoms with E-state index in [2.05, 4.69) is 25.4 Å². The summed E-state index contributed by atoms with van der Waals surface area (Å²) in [7, 11) is 4.00. The van der Waals surface area contributed by atoms with E-state index in [1.807, 2.05) is 14.1 Å². The van der Waals surface area contributed by atoms with Gasteiger partial charge in [0.25, 0.3) is 5.91 Å². The molecule has 0 fully saturated rings. The van der Waals surface area contributed by atoms with Crippen LogP contribution in [0, 0.1) is 0 Å². The van der Waals surface area contributed by atoms with E-state index in [1.54, 1.807) is 0 Å². The van der Waals surface area contributed by atoms with Crippen LogP contribution in [-0.4, -0.2) is 53.2 Å². The van der Waals surface area contributed by atoms with Crippen LogP contribution in [0.25, 0.3) is 0 Å². The second kappa shape index (κ2) is 5.33. The fourth-order valence-electron chi connectivity index (χ4n) is 0.996. The molecule has 6 nitrogen and oxygen atoms in total. The van der Waals surface area contributed by atoms with Crippen molar-refractivity contribution in [1.29, 1.82) is 0 Å². The highest BCUT2D eigenvalue weighted by Crippen LogP contribution is 1.86. The van der Waals surface area contributed by atoms with Gasteiger partial charge in [0, 0.05) is 6.54 Å². The summed E-state index contributed by atoms with van der Waals surface area (Å²) in [4.78, 5) is 17.1. The lowest BCUT2D eigenvalue weighted by Crippen LogP contribution is -2.27. The molecule has 0 aliphatic heterocycles. The summed E-state index contributed by atoms with van der Waals surface area (Å²) in [6.07, 6.45) is 2.24. The molecule has 0 aliphatic rings. The number of nitrogens with zero attached hydrogens (tertiary/aromatic N) is 3. The first-order valence-corrected chi connectivity index (χ1v) is 4.48. The minimum atomic E-state index is -0.207. The van der Waals surface area contributed by atoms with Crippen LogP contribution in [0.4, 0.5) is 0 Å². The molecule has 0 bridgehead atoms. The zero-order valence-corrected chi connectivity index (χ0v) is 8.45. The van der Waals surface area contributed by atoms with Crippen molar-refractivity contribution >= 4 is 5.91 Å². The molecule has 0 radical (unpaired) electrons. The molecule has 6 heteroatoms. The quantitative estimate of drug-likeness (QED) is 0.623. The molecule has 1 aromatic rings. The van der Waals surface area contributed by atoms with Gasteiger partial charge in [0.2, 0.25) is 5.82 Å². The molecule has 0 unspecified atom stereocenters. The predicted molar refractivity (Wildman–Crippen MR) is 51.9 cm³/mol. The van der Waals surface area contributed by atoms with Gasteiger partial charge in [0.15, 0.2) is 0 Å². The van der Waals surface area contributed by atoms with Crippen LogP contribution in [0.2, 0.25) is 0 Å². The van der Waals surface area contributed by atoms with E-state index in [0.29, 0.717) is 6.54 Å². The SMILES string of the molecule is CN(C)CCCNC(=O)c1ncn[nH]1. The number of nitrogens with one attached hydrogen (secondary N) is 2. The zero-order chi connectivity index (χ0) is 10.4. The average Bonchev–Trinajstić information content (AvgIpc) is 2.64. The fraction of sp³-hybridized carbons (Fsp3) is 0.625. The summed E-state index contributed by atoms with van der Waals surface area (Å²) >= 11 is 0. The van der Waals surface area contributed by atoms with E-state index in [-0.39, 0.29) is 11.7 Å². The molecule has 2 N–H and O–H groups in total. The van der Waals surface area contributed by atoms with Gasteiger partial charge < -0.3 is 10.2 Å². The van der Waals surface area contributed by atoms with Gasteiger partial charge in [-0.25, -0.2) is 4.98 Å². The van der Waals surface area contributed by atoms with Crippen molar-refractivity contribution in [3.05, 3.63) is 12.2 Å². The molecule has 0 spiro atoms. The van der Waals surface area contributed by atoms with Crippen LogP contribution in [0.5, 0.6) is 0 Å². The number of rotatable bonds is 5. The molecule has 0 aliphatic carbocycles. The van der Waals surface area contributed by atoms with Gasteiger partial charge >= 0.3 is 0 Å². The molecule has 0 atom stereocenters. The summed E-state index contributed by atoms with van der Waals surface area (Å²) in [5.74, 6) is 0.0520. The number of aromatic amines is 1. The maximum absolute atomic E-state index is 11.3. The van der Waals surface area contributed by atoms with E-state index in [9.17, 15) is 4.79 Å². The van der Waals surface area contributed by atoms with Gasteiger partial charge in [0.1, 0.15) is 6.33 Å². The summed E-state index contributed by atoms with van der Waals surface area (Å²) < 4.78 is 0. The molecule has 1 aromatic heterocycles. The Hall–Kier alpha value is -1.43. The van der Waals surface area contributed by atoms with Gasteiger partial charge in [-0.15, -0.1) is 0 Å². The zero-order valence-electron chi connectivity index (χ0n) is 8.45. The molecule has 1 rings (SSSR count). The first kappa shape index (κ1) is 10.6. The third-order valence-corrected chi connectivity index (χ3v) is 1.70. The van der Waals surface area contributed by atoms with Gasteiger partial charge in [-0.05, 0) is 27.1 Å². The largest absolute Gasteiger partial charge is 0.349 e. The third kappa shape index (κ3) is 3.53. The number of carbonyl (C=O) groups is 1. The minimum Gasteiger partial charge on any atom is -0.349 e. The molecule has 0 saturated heterocycles. The monoisotopic (exact) mass is 197 g/mol. The smallest absolute Gasteiger partial charge is 0.288 e. The van der Waals surface area contributed by atoms with Crippen molar-refractivity contribution in [2.75, 3.05) is 27.2 Å². The summed E-state index contributed by atoms with van der Waals surface area (Å²) in [5.41, 5.74) is 0. The van der Waals surface area contributed by atoms with E-state index in [0.717, 1.165) is 13.0 Å². The highest BCUT2D eigenvalue weighted by Gasteiger charge is 2.06. The number of amides is 1. The van der Waals surface area contributed by atoms with E-state index >= 15 is 0 Å². The Morgan fingerprint density at radius 2 is 2.43 bits per heavy atom. The Morgan fingerprint density at radius 1 is 1.64 bits per heavy atom. The van der Waals surface area contributed by atoms with Gasteiger partial charge in [-0.2, -0.15) is 5.10 Å². The van der Waals surface area contributed by atoms with E-state index in [4.69, 9.17) is 0 Å². The lowest BCUT2D eigenvalue weighted by molar-refractivity contribution is 0.0942. The van der Waals surface area contributed by atoms with Crippen LogP contribution in [-0.2, 0) is 0 Å². The Labute approximate surface area is 82.7 Å². The number of hydrogen-bond acceptors (Lipinski definition) is 4. The molecule has 0 aromatic carbocycles. The van der Waals surface area contributed by atoms with Crippen molar-refractivity contribution in [3.63, 3.8) is 0 Å². The first-order valence-electron chi connectivity index (χ1n) is 4.48. The second-order valence-electron chi connectivity index (χ2n) is 3.25. The molecule has 1 heterocycles. The van der Waals surface area contributed by atoms with Crippen LogP contribution in [0.15, 0.2) is 6.33 Å². The Kier molecular flexibility index (Phi) is 4.06. The third-order valence-electron chi connectivity index (χ3n) is 1.70. The highest BCUT2D eigenvalue weighted by molar-refractivity contribution is 5.90. The number of H-pyrrole nitrogens is 1. The molecule has 1 amide bonds. The van der Waals surface area contributed by atoms with Gasteiger partial charge in [0.05, 0.1) is 0 Å². The standard InChI is InChI=1S/C8H15N5O/c1-13(2)5-3-4-9-8(14)7-10-6-11-12-7/h6H,3-5H2,1-2H3,(H,9,14)(H,10,11,12). The fourth-order valence-corrected chi connectivity index (χ4v) is 0.996. The summed E-state index contributed by atoms with van der Waals surface area (Å²) in [6.45, 7) is 1.61. The van der Waals surface area contributed by atoms with Gasteiger partial charge in [-0.3, -0.25) is 9.89 Å². The molecular formula is C8H15N5O. The Morgan fingerprint density at radius 3 is 3.00 bits per heavy atom. The van der Waals surface area contributed by atoms with E-state index in [1.165, 1.54) is 6.33 Å².